The fourth-order valence-electron chi connectivity index (χ4n) is 3.66. The summed E-state index contributed by atoms with van der Waals surface area (Å²) in [6, 6.07) is 2.06. The van der Waals surface area contributed by atoms with Crippen molar-refractivity contribution in [3.05, 3.63) is 12.3 Å². The number of nitrogens with zero attached hydrogens (tertiary/aromatic N) is 3. The molecule has 2 aliphatic rings. The van der Waals surface area contributed by atoms with E-state index >= 15 is 0 Å². The zero-order chi connectivity index (χ0) is 13.8. The largest absolute Gasteiger partial charge is 0.356 e. The molecule has 1 saturated heterocycles. The van der Waals surface area contributed by atoms with E-state index in [1.165, 1.54) is 38.6 Å². The molecule has 3 rings (SSSR count). The summed E-state index contributed by atoms with van der Waals surface area (Å²) >= 11 is 0. The molecule has 4 heteroatoms. The molecule has 0 bridgehead atoms. The molecular weight excluding hydrogens is 248 g/mol. The quantitative estimate of drug-likeness (QED) is 0.914. The second-order valence-electron chi connectivity index (χ2n) is 6.20. The van der Waals surface area contributed by atoms with E-state index in [1.807, 2.05) is 6.20 Å². The molecule has 110 valence electrons. The van der Waals surface area contributed by atoms with Gasteiger partial charge in [0.05, 0.1) is 0 Å². The van der Waals surface area contributed by atoms with Gasteiger partial charge in [-0.2, -0.15) is 4.98 Å². The third kappa shape index (κ3) is 3.05. The lowest BCUT2D eigenvalue weighted by Crippen LogP contribution is -2.42. The Balaban J connectivity index is 1.66. The molecule has 1 aromatic heterocycles. The number of anilines is 2. The summed E-state index contributed by atoms with van der Waals surface area (Å²) in [4.78, 5) is 11.4. The van der Waals surface area contributed by atoms with Crippen molar-refractivity contribution in [3.63, 3.8) is 0 Å². The minimum atomic E-state index is 0.773. The Bertz CT molecular complexity index is 434. The molecule has 2 heterocycles. The molecule has 0 amide bonds. The molecule has 2 fully saturated rings. The highest BCUT2D eigenvalue weighted by atomic mass is 15.2. The van der Waals surface area contributed by atoms with Crippen LogP contribution in [0.4, 0.5) is 11.8 Å². The number of nitrogens with one attached hydrogen (secondary N) is 1. The molecule has 0 spiro atoms. The zero-order valence-corrected chi connectivity index (χ0v) is 12.5. The standard InChI is InChI=1S/C16H26N4/c1-2-9-17-16-18-10-7-15(19-16)20-11-8-13-5-3-4-6-14(13)12-20/h7,10,13-14H,2-6,8-9,11-12H2,1H3,(H,17,18,19). The number of rotatable bonds is 4. The van der Waals surface area contributed by atoms with Crippen molar-refractivity contribution < 1.29 is 0 Å². The maximum atomic E-state index is 4.68. The molecule has 0 radical (unpaired) electrons. The molecule has 1 aliphatic heterocycles. The van der Waals surface area contributed by atoms with Crippen molar-refractivity contribution in [2.75, 3.05) is 29.9 Å². The van der Waals surface area contributed by atoms with Gasteiger partial charge in [0.25, 0.3) is 0 Å². The van der Waals surface area contributed by atoms with Crippen LogP contribution < -0.4 is 10.2 Å². The van der Waals surface area contributed by atoms with Gasteiger partial charge in [-0.15, -0.1) is 0 Å². The van der Waals surface area contributed by atoms with E-state index in [0.29, 0.717) is 0 Å². The number of hydrogen-bond acceptors (Lipinski definition) is 4. The molecular formula is C16H26N4. The Kier molecular flexibility index (Phi) is 4.38. The zero-order valence-electron chi connectivity index (χ0n) is 12.5. The molecule has 1 aliphatic carbocycles. The summed E-state index contributed by atoms with van der Waals surface area (Å²) in [5.74, 6) is 3.73. The van der Waals surface area contributed by atoms with Gasteiger partial charge < -0.3 is 10.2 Å². The Hall–Kier alpha value is -1.32. The summed E-state index contributed by atoms with van der Waals surface area (Å²) in [6.45, 7) is 5.44. The van der Waals surface area contributed by atoms with Crippen LogP contribution in [0.1, 0.15) is 45.4 Å². The first-order valence-electron chi connectivity index (χ1n) is 8.18. The van der Waals surface area contributed by atoms with Gasteiger partial charge in [0, 0.05) is 25.8 Å². The van der Waals surface area contributed by atoms with Gasteiger partial charge in [0.1, 0.15) is 5.82 Å². The van der Waals surface area contributed by atoms with E-state index in [4.69, 9.17) is 0 Å². The van der Waals surface area contributed by atoms with Crippen molar-refractivity contribution in [2.45, 2.75) is 45.4 Å². The number of aromatic nitrogens is 2. The van der Waals surface area contributed by atoms with Crippen molar-refractivity contribution in [1.29, 1.82) is 0 Å². The number of fused-ring (bicyclic) bond motifs is 1. The summed E-state index contributed by atoms with van der Waals surface area (Å²) in [5, 5.41) is 3.28. The van der Waals surface area contributed by atoms with Crippen molar-refractivity contribution >= 4 is 11.8 Å². The molecule has 0 aromatic carbocycles. The smallest absolute Gasteiger partial charge is 0.224 e. The maximum absolute atomic E-state index is 4.68. The van der Waals surface area contributed by atoms with E-state index in [9.17, 15) is 0 Å². The minimum absolute atomic E-state index is 0.773. The maximum Gasteiger partial charge on any atom is 0.224 e. The second-order valence-corrected chi connectivity index (χ2v) is 6.20. The van der Waals surface area contributed by atoms with Gasteiger partial charge in [-0.05, 0) is 37.2 Å². The molecule has 2 atom stereocenters. The summed E-state index contributed by atoms with van der Waals surface area (Å²) in [5.41, 5.74) is 0. The Morgan fingerprint density at radius 1 is 1.25 bits per heavy atom. The van der Waals surface area contributed by atoms with Crippen LogP contribution in [0.5, 0.6) is 0 Å². The lowest BCUT2D eigenvalue weighted by atomic mass is 9.75. The molecule has 1 aromatic rings. The van der Waals surface area contributed by atoms with Crippen LogP contribution in [-0.2, 0) is 0 Å². The van der Waals surface area contributed by atoms with Gasteiger partial charge >= 0.3 is 0 Å². The summed E-state index contributed by atoms with van der Waals surface area (Å²) in [6.07, 6.45) is 10.0. The van der Waals surface area contributed by atoms with E-state index in [1.54, 1.807) is 0 Å². The molecule has 4 nitrogen and oxygen atoms in total. The SMILES string of the molecule is CCCNc1nccc(N2CCC3CCCCC3C2)n1. The molecule has 20 heavy (non-hydrogen) atoms. The van der Waals surface area contributed by atoms with Gasteiger partial charge in [0.2, 0.25) is 5.95 Å². The third-order valence-electron chi connectivity index (χ3n) is 4.79. The first kappa shape index (κ1) is 13.7. The van der Waals surface area contributed by atoms with E-state index in [-0.39, 0.29) is 0 Å². The van der Waals surface area contributed by atoms with Crippen LogP contribution in [0.2, 0.25) is 0 Å². The fraction of sp³-hybridized carbons (Fsp3) is 0.750. The molecule has 2 unspecified atom stereocenters. The van der Waals surface area contributed by atoms with Crippen LogP contribution in [0.15, 0.2) is 12.3 Å². The Morgan fingerprint density at radius 3 is 2.95 bits per heavy atom. The predicted molar refractivity (Wildman–Crippen MR) is 83.1 cm³/mol. The first-order valence-corrected chi connectivity index (χ1v) is 8.18. The van der Waals surface area contributed by atoms with Crippen LogP contribution in [-0.4, -0.2) is 29.6 Å². The Morgan fingerprint density at radius 2 is 2.10 bits per heavy atom. The average Bonchev–Trinajstić information content (AvgIpc) is 2.53. The normalized spacial score (nSPS) is 26.1. The van der Waals surface area contributed by atoms with Gasteiger partial charge in [-0.3, -0.25) is 0 Å². The first-order chi connectivity index (χ1) is 9.86. The van der Waals surface area contributed by atoms with Crippen LogP contribution in [0.3, 0.4) is 0 Å². The van der Waals surface area contributed by atoms with Crippen LogP contribution >= 0.6 is 0 Å². The fourth-order valence-corrected chi connectivity index (χ4v) is 3.66. The van der Waals surface area contributed by atoms with E-state index < -0.39 is 0 Å². The van der Waals surface area contributed by atoms with Crippen LogP contribution in [0, 0.1) is 11.8 Å². The van der Waals surface area contributed by atoms with Crippen molar-refractivity contribution in [3.8, 4) is 0 Å². The van der Waals surface area contributed by atoms with Crippen LogP contribution in [0.25, 0.3) is 0 Å². The highest BCUT2D eigenvalue weighted by molar-refractivity contribution is 5.43. The van der Waals surface area contributed by atoms with Gasteiger partial charge in [-0.1, -0.05) is 26.2 Å². The average molecular weight is 274 g/mol. The molecule has 1 saturated carbocycles. The van der Waals surface area contributed by atoms with E-state index in [2.05, 4.69) is 33.2 Å². The number of piperidine rings is 1. The van der Waals surface area contributed by atoms with Gasteiger partial charge in [-0.25, -0.2) is 4.98 Å². The minimum Gasteiger partial charge on any atom is -0.356 e. The number of hydrogen-bond donors (Lipinski definition) is 1. The second kappa shape index (κ2) is 6.42. The highest BCUT2D eigenvalue weighted by Gasteiger charge is 2.31. The highest BCUT2D eigenvalue weighted by Crippen LogP contribution is 2.37. The van der Waals surface area contributed by atoms with Crippen molar-refractivity contribution in [2.24, 2.45) is 11.8 Å². The van der Waals surface area contributed by atoms with Crippen molar-refractivity contribution in [1.82, 2.24) is 9.97 Å². The van der Waals surface area contributed by atoms with Gasteiger partial charge in [0.15, 0.2) is 0 Å². The summed E-state index contributed by atoms with van der Waals surface area (Å²) in [7, 11) is 0. The topological polar surface area (TPSA) is 41.1 Å². The lowest BCUT2D eigenvalue weighted by molar-refractivity contribution is 0.202. The van der Waals surface area contributed by atoms with E-state index in [0.717, 1.165) is 43.1 Å². The molecule has 1 N–H and O–H groups in total. The Labute approximate surface area is 122 Å². The lowest BCUT2D eigenvalue weighted by Gasteiger charge is -2.41. The summed E-state index contributed by atoms with van der Waals surface area (Å²) < 4.78 is 0. The predicted octanol–water partition coefficient (Wildman–Crippen LogP) is 3.32. The third-order valence-corrected chi connectivity index (χ3v) is 4.79. The monoisotopic (exact) mass is 274 g/mol.